The van der Waals surface area contributed by atoms with Crippen molar-refractivity contribution in [3.05, 3.63) is 12.7 Å². The maximum absolute atomic E-state index is 10.6. The van der Waals surface area contributed by atoms with E-state index in [4.69, 9.17) is 9.84 Å². The molecule has 0 aromatic heterocycles. The number of rotatable bonds is 8. The average molecular weight is 202 g/mol. The zero-order valence-corrected chi connectivity index (χ0v) is 8.57. The molecule has 14 heavy (non-hydrogen) atoms. The van der Waals surface area contributed by atoms with Crippen LogP contribution in [0.15, 0.2) is 12.7 Å². The average Bonchev–Trinajstić information content (AvgIpc) is 2.17. The Kier molecular flexibility index (Phi) is 8.17. The Hall–Kier alpha value is -0.870. The quantitative estimate of drug-likeness (QED) is 0.278. The van der Waals surface area contributed by atoms with Crippen LogP contribution >= 0.6 is 0 Å². The highest BCUT2D eigenvalue weighted by Gasteiger charge is 2.07. The Balaban J connectivity index is 3.30. The molecule has 0 rings (SSSR count). The van der Waals surface area contributed by atoms with Gasteiger partial charge in [0.25, 0.3) is 0 Å². The van der Waals surface area contributed by atoms with Crippen LogP contribution in [0, 0.1) is 0 Å². The molecule has 0 saturated carbocycles. The van der Waals surface area contributed by atoms with Crippen LogP contribution in [0.4, 0.5) is 0 Å². The second kappa shape index (κ2) is 8.72. The SMILES string of the molecule is C=CC(=O)OC(O)CCOCCCC. The lowest BCUT2D eigenvalue weighted by Crippen LogP contribution is -2.18. The van der Waals surface area contributed by atoms with Crippen LogP contribution in [0.3, 0.4) is 0 Å². The first-order valence-electron chi connectivity index (χ1n) is 4.79. The van der Waals surface area contributed by atoms with Crippen LogP contribution in [0.25, 0.3) is 0 Å². The normalized spacial score (nSPS) is 12.1. The minimum absolute atomic E-state index is 0.295. The van der Waals surface area contributed by atoms with Crippen LogP contribution in [0.2, 0.25) is 0 Å². The molecule has 4 heteroatoms. The first-order chi connectivity index (χ1) is 6.70. The highest BCUT2D eigenvalue weighted by atomic mass is 16.6. The van der Waals surface area contributed by atoms with Gasteiger partial charge in [-0.25, -0.2) is 4.79 Å². The summed E-state index contributed by atoms with van der Waals surface area (Å²) in [6.45, 7) is 6.36. The molecule has 4 nitrogen and oxygen atoms in total. The van der Waals surface area contributed by atoms with E-state index in [0.29, 0.717) is 19.6 Å². The fraction of sp³-hybridized carbons (Fsp3) is 0.700. The van der Waals surface area contributed by atoms with E-state index >= 15 is 0 Å². The van der Waals surface area contributed by atoms with Crippen molar-refractivity contribution >= 4 is 5.97 Å². The monoisotopic (exact) mass is 202 g/mol. The molecule has 0 aliphatic carbocycles. The van der Waals surface area contributed by atoms with E-state index in [1.807, 2.05) is 0 Å². The molecule has 0 bridgehead atoms. The molecule has 1 N–H and O–H groups in total. The maximum Gasteiger partial charge on any atom is 0.332 e. The van der Waals surface area contributed by atoms with Gasteiger partial charge in [0.05, 0.1) is 6.61 Å². The molecule has 0 fully saturated rings. The Morgan fingerprint density at radius 2 is 2.29 bits per heavy atom. The number of esters is 1. The third-order valence-electron chi connectivity index (χ3n) is 1.57. The van der Waals surface area contributed by atoms with Crippen molar-refractivity contribution in [1.82, 2.24) is 0 Å². The molecule has 0 spiro atoms. The number of carbonyl (C=O) groups excluding carboxylic acids is 1. The van der Waals surface area contributed by atoms with E-state index in [0.717, 1.165) is 18.9 Å². The van der Waals surface area contributed by atoms with Crippen LogP contribution in [0.5, 0.6) is 0 Å². The minimum atomic E-state index is -1.10. The number of hydrogen-bond acceptors (Lipinski definition) is 4. The highest BCUT2D eigenvalue weighted by molar-refractivity contribution is 5.81. The fourth-order valence-corrected chi connectivity index (χ4v) is 0.774. The van der Waals surface area contributed by atoms with Crippen LogP contribution < -0.4 is 0 Å². The molecule has 0 heterocycles. The molecule has 0 aromatic carbocycles. The Morgan fingerprint density at radius 3 is 2.86 bits per heavy atom. The summed E-state index contributed by atoms with van der Waals surface area (Å²) < 4.78 is 9.71. The minimum Gasteiger partial charge on any atom is -0.433 e. The van der Waals surface area contributed by atoms with Crippen LogP contribution in [-0.2, 0) is 14.3 Å². The summed E-state index contributed by atoms with van der Waals surface area (Å²) in [7, 11) is 0. The van der Waals surface area contributed by atoms with E-state index in [9.17, 15) is 4.79 Å². The van der Waals surface area contributed by atoms with Crippen LogP contribution in [-0.4, -0.2) is 30.6 Å². The molecule has 0 aliphatic heterocycles. The van der Waals surface area contributed by atoms with Gasteiger partial charge in [-0.3, -0.25) is 0 Å². The van der Waals surface area contributed by atoms with Gasteiger partial charge in [-0.15, -0.1) is 0 Å². The second-order valence-electron chi connectivity index (χ2n) is 2.85. The van der Waals surface area contributed by atoms with Gasteiger partial charge >= 0.3 is 5.97 Å². The molecular formula is C10H18O4. The predicted octanol–water partition coefficient (Wildman–Crippen LogP) is 1.24. The number of aliphatic hydroxyl groups excluding tert-OH is 1. The molecule has 1 atom stereocenters. The van der Waals surface area contributed by atoms with E-state index in [-0.39, 0.29) is 0 Å². The molecule has 1 unspecified atom stereocenters. The summed E-state index contributed by atoms with van der Waals surface area (Å²) in [5, 5.41) is 9.14. The summed E-state index contributed by atoms with van der Waals surface area (Å²) in [6, 6.07) is 0. The Bertz CT molecular complexity index is 168. The second-order valence-corrected chi connectivity index (χ2v) is 2.85. The van der Waals surface area contributed by atoms with Crippen molar-refractivity contribution in [1.29, 1.82) is 0 Å². The van der Waals surface area contributed by atoms with Crippen LogP contribution in [0.1, 0.15) is 26.2 Å². The van der Waals surface area contributed by atoms with Gasteiger partial charge in [-0.2, -0.15) is 0 Å². The van der Waals surface area contributed by atoms with Crippen molar-refractivity contribution in [2.75, 3.05) is 13.2 Å². The van der Waals surface area contributed by atoms with Gasteiger partial charge in [-0.05, 0) is 6.42 Å². The standard InChI is InChI=1S/C10H18O4/c1-3-5-7-13-8-6-10(12)14-9(11)4-2/h4,10,12H,2-3,5-8H2,1H3. The van der Waals surface area contributed by atoms with E-state index in [1.54, 1.807) is 0 Å². The van der Waals surface area contributed by atoms with Gasteiger partial charge in [0, 0.05) is 19.1 Å². The largest absolute Gasteiger partial charge is 0.433 e. The smallest absolute Gasteiger partial charge is 0.332 e. The summed E-state index contributed by atoms with van der Waals surface area (Å²) in [6.07, 6.45) is 2.29. The zero-order valence-electron chi connectivity index (χ0n) is 8.57. The molecule has 0 aliphatic rings. The first-order valence-corrected chi connectivity index (χ1v) is 4.79. The van der Waals surface area contributed by atoms with Crippen molar-refractivity contribution in [3.63, 3.8) is 0 Å². The zero-order chi connectivity index (χ0) is 10.8. The topological polar surface area (TPSA) is 55.8 Å². The molecule has 0 amide bonds. The lowest BCUT2D eigenvalue weighted by atomic mass is 10.3. The van der Waals surface area contributed by atoms with Crippen molar-refractivity contribution in [2.24, 2.45) is 0 Å². The number of aliphatic hydroxyl groups is 1. The van der Waals surface area contributed by atoms with Gasteiger partial charge < -0.3 is 14.6 Å². The summed E-state index contributed by atoms with van der Waals surface area (Å²) in [4.78, 5) is 10.6. The summed E-state index contributed by atoms with van der Waals surface area (Å²) in [5.41, 5.74) is 0. The maximum atomic E-state index is 10.6. The lowest BCUT2D eigenvalue weighted by molar-refractivity contribution is -0.164. The highest BCUT2D eigenvalue weighted by Crippen LogP contribution is 1.97. The molecular weight excluding hydrogens is 184 g/mol. The third kappa shape index (κ3) is 7.76. The number of ether oxygens (including phenoxy) is 2. The van der Waals surface area contributed by atoms with Gasteiger partial charge in [0.15, 0.2) is 0 Å². The summed E-state index contributed by atoms with van der Waals surface area (Å²) in [5.74, 6) is -0.619. The third-order valence-corrected chi connectivity index (χ3v) is 1.57. The fourth-order valence-electron chi connectivity index (χ4n) is 0.774. The lowest BCUT2D eigenvalue weighted by Gasteiger charge is -2.10. The van der Waals surface area contributed by atoms with E-state index in [1.165, 1.54) is 0 Å². The first kappa shape index (κ1) is 13.1. The van der Waals surface area contributed by atoms with E-state index in [2.05, 4.69) is 18.2 Å². The van der Waals surface area contributed by atoms with Crippen molar-refractivity contribution in [3.8, 4) is 0 Å². The Morgan fingerprint density at radius 1 is 1.57 bits per heavy atom. The number of unbranched alkanes of at least 4 members (excludes halogenated alkanes) is 1. The van der Waals surface area contributed by atoms with Crippen molar-refractivity contribution in [2.45, 2.75) is 32.5 Å². The molecule has 0 saturated heterocycles. The molecule has 0 radical (unpaired) electrons. The van der Waals surface area contributed by atoms with Gasteiger partial charge in [0.2, 0.25) is 6.29 Å². The van der Waals surface area contributed by atoms with Gasteiger partial charge in [-0.1, -0.05) is 19.9 Å². The van der Waals surface area contributed by atoms with Gasteiger partial charge in [0.1, 0.15) is 0 Å². The Labute approximate surface area is 84.5 Å². The number of carbonyl (C=O) groups is 1. The van der Waals surface area contributed by atoms with E-state index < -0.39 is 12.3 Å². The van der Waals surface area contributed by atoms with Crippen molar-refractivity contribution < 1.29 is 19.4 Å². The number of hydrogen-bond donors (Lipinski definition) is 1. The molecule has 0 aromatic rings. The summed E-state index contributed by atoms with van der Waals surface area (Å²) >= 11 is 0. The predicted molar refractivity (Wildman–Crippen MR) is 52.6 cm³/mol. The molecule has 82 valence electrons.